The lowest BCUT2D eigenvalue weighted by Crippen LogP contribution is -2.06. The number of allylic oxidation sites excluding steroid dienone is 1. The molecule has 0 bridgehead atoms. The molecule has 0 heterocycles. The second-order valence-corrected chi connectivity index (χ2v) is 5.84. The van der Waals surface area contributed by atoms with Crippen molar-refractivity contribution in [1.82, 2.24) is 0 Å². The maximum atomic E-state index is 11.9. The Balaban J connectivity index is 2.25. The summed E-state index contributed by atoms with van der Waals surface area (Å²) in [4.78, 5) is 11.9. The van der Waals surface area contributed by atoms with Crippen molar-refractivity contribution in [3.05, 3.63) is 76.3 Å². The number of carbonyl (C=O) groups is 1. The first-order valence-electron chi connectivity index (χ1n) is 7.35. The molecule has 1 N–H and O–H groups in total. The zero-order valence-electron chi connectivity index (χ0n) is 13.5. The minimum Gasteiger partial charge on any atom is -0.465 e. The largest absolute Gasteiger partial charge is 0.465 e. The maximum absolute atomic E-state index is 11.9. The van der Waals surface area contributed by atoms with Gasteiger partial charge in [0.1, 0.15) is 17.2 Å². The van der Waals surface area contributed by atoms with Crippen LogP contribution in [0, 0.1) is 22.7 Å². The van der Waals surface area contributed by atoms with Crippen molar-refractivity contribution in [2.75, 3.05) is 12.4 Å². The van der Waals surface area contributed by atoms with E-state index in [4.69, 9.17) is 4.74 Å². The van der Waals surface area contributed by atoms with E-state index < -0.39 is 5.97 Å². The van der Waals surface area contributed by atoms with Crippen molar-refractivity contribution in [2.24, 2.45) is 0 Å². The minimum absolute atomic E-state index is 0.00981. The number of hydrogen-bond donors (Lipinski definition) is 1. The number of methoxy groups -OCH3 is 1. The number of para-hydroxylation sites is 1. The highest BCUT2D eigenvalue weighted by Crippen LogP contribution is 2.27. The standard InChI is InChI=1S/C19H15N3O2S/c1-24-19(23)17-10-6-5-7-14(17)13-25-18(15(11-20)12-21)22-16-8-3-2-4-9-16/h2-10,22H,13H2,1H3. The van der Waals surface area contributed by atoms with Gasteiger partial charge in [-0.25, -0.2) is 4.79 Å². The topological polar surface area (TPSA) is 85.9 Å². The molecule has 6 heteroatoms. The third-order valence-electron chi connectivity index (χ3n) is 3.28. The number of carbonyl (C=O) groups excluding carboxylic acids is 1. The highest BCUT2D eigenvalue weighted by atomic mass is 32.2. The summed E-state index contributed by atoms with van der Waals surface area (Å²) in [6.45, 7) is 0. The normalized spacial score (nSPS) is 9.40. The van der Waals surface area contributed by atoms with Crippen molar-refractivity contribution in [3.63, 3.8) is 0 Å². The van der Waals surface area contributed by atoms with Crippen LogP contribution in [0.4, 0.5) is 5.69 Å². The Morgan fingerprint density at radius 1 is 1.08 bits per heavy atom. The fourth-order valence-electron chi connectivity index (χ4n) is 2.06. The molecule has 2 rings (SSSR count). The number of benzene rings is 2. The molecule has 2 aromatic carbocycles. The molecule has 0 saturated heterocycles. The molecule has 124 valence electrons. The zero-order chi connectivity index (χ0) is 18.1. The monoisotopic (exact) mass is 349 g/mol. The Bertz CT molecular complexity index is 848. The van der Waals surface area contributed by atoms with Gasteiger partial charge in [0.05, 0.1) is 12.7 Å². The molecule has 0 aromatic heterocycles. The van der Waals surface area contributed by atoms with E-state index in [-0.39, 0.29) is 5.57 Å². The zero-order valence-corrected chi connectivity index (χ0v) is 14.3. The van der Waals surface area contributed by atoms with E-state index in [1.54, 1.807) is 12.1 Å². The van der Waals surface area contributed by atoms with E-state index in [1.165, 1.54) is 18.9 Å². The number of ether oxygens (including phenoxy) is 1. The lowest BCUT2D eigenvalue weighted by atomic mass is 10.1. The Labute approximate surface area is 150 Å². The maximum Gasteiger partial charge on any atom is 0.338 e. The Morgan fingerprint density at radius 3 is 2.36 bits per heavy atom. The second-order valence-electron chi connectivity index (χ2n) is 4.86. The number of nitrogens with zero attached hydrogens (tertiary/aromatic N) is 2. The number of hydrogen-bond acceptors (Lipinski definition) is 6. The summed E-state index contributed by atoms with van der Waals surface area (Å²) in [5, 5.41) is 21.9. The van der Waals surface area contributed by atoms with Gasteiger partial charge in [-0.05, 0) is 23.8 Å². The summed E-state index contributed by atoms with van der Waals surface area (Å²) < 4.78 is 4.79. The van der Waals surface area contributed by atoms with Gasteiger partial charge < -0.3 is 10.1 Å². The van der Waals surface area contributed by atoms with E-state index in [1.807, 2.05) is 54.6 Å². The van der Waals surface area contributed by atoms with Crippen LogP contribution in [0.5, 0.6) is 0 Å². The highest BCUT2D eigenvalue weighted by molar-refractivity contribution is 8.02. The summed E-state index contributed by atoms with van der Waals surface area (Å²) in [5.74, 6) is -0.00800. The molecule has 0 spiro atoms. The quantitative estimate of drug-likeness (QED) is 0.625. The Kier molecular flexibility index (Phi) is 6.65. The molecule has 0 aliphatic heterocycles. The third-order valence-corrected chi connectivity index (χ3v) is 4.33. The fourth-order valence-corrected chi connectivity index (χ4v) is 3.03. The number of nitrogens with one attached hydrogen (secondary N) is 1. The predicted octanol–water partition coefficient (Wildman–Crippen LogP) is 4.08. The van der Waals surface area contributed by atoms with E-state index in [9.17, 15) is 15.3 Å². The molecule has 0 unspecified atom stereocenters. The van der Waals surface area contributed by atoms with Crippen LogP contribution in [-0.2, 0) is 10.5 Å². The van der Waals surface area contributed by atoms with Crippen molar-refractivity contribution in [2.45, 2.75) is 5.75 Å². The van der Waals surface area contributed by atoms with Crippen LogP contribution in [0.25, 0.3) is 0 Å². The summed E-state index contributed by atoms with van der Waals surface area (Å²) >= 11 is 1.28. The first kappa shape index (κ1) is 18.1. The molecule has 0 fully saturated rings. The number of anilines is 1. The van der Waals surface area contributed by atoms with Gasteiger partial charge in [-0.3, -0.25) is 0 Å². The number of rotatable bonds is 6. The van der Waals surface area contributed by atoms with Crippen molar-refractivity contribution in [3.8, 4) is 12.1 Å². The molecule has 0 amide bonds. The van der Waals surface area contributed by atoms with Gasteiger partial charge in [-0.15, -0.1) is 11.8 Å². The summed E-state index contributed by atoms with van der Waals surface area (Å²) in [5.41, 5.74) is 1.99. The molecule has 2 aromatic rings. The van der Waals surface area contributed by atoms with Crippen LogP contribution in [-0.4, -0.2) is 13.1 Å². The third kappa shape index (κ3) is 4.87. The molecule has 5 nitrogen and oxygen atoms in total. The average molecular weight is 349 g/mol. The smallest absolute Gasteiger partial charge is 0.338 e. The first-order chi connectivity index (χ1) is 12.2. The van der Waals surface area contributed by atoms with Crippen LogP contribution < -0.4 is 5.32 Å². The van der Waals surface area contributed by atoms with Crippen LogP contribution in [0.2, 0.25) is 0 Å². The Morgan fingerprint density at radius 2 is 1.72 bits per heavy atom. The van der Waals surface area contributed by atoms with Gasteiger partial charge in [0.15, 0.2) is 5.57 Å². The summed E-state index contributed by atoms with van der Waals surface area (Å²) in [7, 11) is 1.33. The second kappa shape index (κ2) is 9.17. The molecule has 0 saturated carbocycles. The fraction of sp³-hybridized carbons (Fsp3) is 0.105. The van der Waals surface area contributed by atoms with Crippen LogP contribution in [0.15, 0.2) is 65.2 Å². The van der Waals surface area contributed by atoms with Crippen LogP contribution in [0.3, 0.4) is 0 Å². The van der Waals surface area contributed by atoms with Crippen LogP contribution >= 0.6 is 11.8 Å². The van der Waals surface area contributed by atoms with E-state index >= 15 is 0 Å². The van der Waals surface area contributed by atoms with Gasteiger partial charge in [-0.1, -0.05) is 36.4 Å². The SMILES string of the molecule is COC(=O)c1ccccc1CSC(Nc1ccccc1)=C(C#N)C#N. The number of thioether (sulfide) groups is 1. The summed E-state index contributed by atoms with van der Waals surface area (Å²) in [6, 6.07) is 20.2. The van der Waals surface area contributed by atoms with Crippen molar-refractivity contribution in [1.29, 1.82) is 10.5 Å². The number of nitriles is 2. The molecule has 25 heavy (non-hydrogen) atoms. The lowest BCUT2D eigenvalue weighted by Gasteiger charge is -2.12. The van der Waals surface area contributed by atoms with E-state index in [2.05, 4.69) is 5.32 Å². The number of esters is 1. The first-order valence-corrected chi connectivity index (χ1v) is 8.33. The lowest BCUT2D eigenvalue weighted by molar-refractivity contribution is 0.0600. The van der Waals surface area contributed by atoms with E-state index in [0.29, 0.717) is 16.3 Å². The van der Waals surface area contributed by atoms with Crippen molar-refractivity contribution >= 4 is 23.4 Å². The predicted molar refractivity (Wildman–Crippen MR) is 97.4 cm³/mol. The molecular formula is C19H15N3O2S. The molecule has 0 aliphatic rings. The van der Waals surface area contributed by atoms with Gasteiger partial charge in [0.2, 0.25) is 0 Å². The van der Waals surface area contributed by atoms with Crippen molar-refractivity contribution < 1.29 is 9.53 Å². The molecule has 0 radical (unpaired) electrons. The Hall–Kier alpha value is -3.22. The van der Waals surface area contributed by atoms with Gasteiger partial charge in [-0.2, -0.15) is 10.5 Å². The van der Waals surface area contributed by atoms with E-state index in [0.717, 1.165) is 11.3 Å². The molecular weight excluding hydrogens is 334 g/mol. The van der Waals surface area contributed by atoms with Gasteiger partial charge in [0, 0.05) is 11.4 Å². The van der Waals surface area contributed by atoms with Crippen LogP contribution in [0.1, 0.15) is 15.9 Å². The van der Waals surface area contributed by atoms with Gasteiger partial charge >= 0.3 is 5.97 Å². The molecule has 0 aliphatic carbocycles. The minimum atomic E-state index is -0.418. The highest BCUT2D eigenvalue weighted by Gasteiger charge is 2.14. The average Bonchev–Trinajstić information content (AvgIpc) is 2.67. The van der Waals surface area contributed by atoms with Gasteiger partial charge in [0.25, 0.3) is 0 Å². The molecule has 0 atom stereocenters. The summed E-state index contributed by atoms with van der Waals surface area (Å²) in [6.07, 6.45) is 0.